The molecular weight excluding hydrogens is 238 g/mol. The van der Waals surface area contributed by atoms with E-state index in [1.54, 1.807) is 18.9 Å². The normalized spacial score (nSPS) is 14.0. The number of carbonyl (C=O) groups is 1. The molecule has 5 heteroatoms. The third kappa shape index (κ3) is 5.60. The van der Waals surface area contributed by atoms with E-state index < -0.39 is 6.09 Å². The summed E-state index contributed by atoms with van der Waals surface area (Å²) in [5.74, 6) is 0. The Bertz CT molecular complexity index is 345. The number of benzene rings is 1. The van der Waals surface area contributed by atoms with E-state index in [1.165, 1.54) is 0 Å². The van der Waals surface area contributed by atoms with Gasteiger partial charge in [-0.3, -0.25) is 0 Å². The molecule has 0 unspecified atom stereocenters. The van der Waals surface area contributed by atoms with E-state index in [2.05, 4.69) is 5.32 Å². The largest absolute Gasteiger partial charge is 0.465 e. The van der Waals surface area contributed by atoms with Gasteiger partial charge in [-0.2, -0.15) is 0 Å². The van der Waals surface area contributed by atoms with E-state index in [-0.39, 0.29) is 11.5 Å². The van der Waals surface area contributed by atoms with Crippen molar-refractivity contribution in [3.8, 4) is 0 Å². The smallest absolute Gasteiger partial charge is 0.404 e. The first kappa shape index (κ1) is 13.9. The van der Waals surface area contributed by atoms with Crippen LogP contribution in [0.1, 0.15) is 13.3 Å². The predicted octanol–water partition coefficient (Wildman–Crippen LogP) is 2.80. The Kier molecular flexibility index (Phi) is 5.86. The number of ether oxygens (including phenoxy) is 1. The van der Waals surface area contributed by atoms with E-state index in [1.807, 2.05) is 37.3 Å². The molecule has 0 aromatic heterocycles. The highest BCUT2D eigenvalue weighted by molar-refractivity contribution is 7.99. The summed E-state index contributed by atoms with van der Waals surface area (Å²) in [5, 5.41) is 11.0. The maximum atomic E-state index is 10.5. The molecule has 1 amide bonds. The van der Waals surface area contributed by atoms with Crippen LogP contribution >= 0.6 is 11.8 Å². The molecule has 4 nitrogen and oxygen atoms in total. The monoisotopic (exact) mass is 255 g/mol. The Hall–Kier alpha value is -1.20. The van der Waals surface area contributed by atoms with Crippen LogP contribution in [0.15, 0.2) is 35.2 Å². The van der Waals surface area contributed by atoms with Crippen LogP contribution in [0.5, 0.6) is 0 Å². The average molecular weight is 255 g/mol. The first-order valence-corrected chi connectivity index (χ1v) is 6.23. The predicted molar refractivity (Wildman–Crippen MR) is 68.3 cm³/mol. The molecule has 0 heterocycles. The zero-order valence-electron chi connectivity index (χ0n) is 9.92. The van der Waals surface area contributed by atoms with Crippen LogP contribution in [0, 0.1) is 0 Å². The molecule has 1 rings (SSSR count). The third-order valence-corrected chi connectivity index (χ3v) is 3.38. The van der Waals surface area contributed by atoms with Crippen molar-refractivity contribution in [1.29, 1.82) is 0 Å². The second-order valence-electron chi connectivity index (χ2n) is 3.68. The van der Waals surface area contributed by atoms with E-state index >= 15 is 0 Å². The number of methoxy groups -OCH3 is 1. The summed E-state index contributed by atoms with van der Waals surface area (Å²) < 4.78 is 5.34. The second-order valence-corrected chi connectivity index (χ2v) is 4.92. The first-order valence-electron chi connectivity index (χ1n) is 5.35. The minimum atomic E-state index is -1.00. The topological polar surface area (TPSA) is 58.6 Å². The first-order chi connectivity index (χ1) is 8.11. The van der Waals surface area contributed by atoms with Gasteiger partial charge in [-0.05, 0) is 19.1 Å². The van der Waals surface area contributed by atoms with Gasteiger partial charge in [-0.25, -0.2) is 4.79 Å². The van der Waals surface area contributed by atoms with Crippen molar-refractivity contribution >= 4 is 17.9 Å². The lowest BCUT2D eigenvalue weighted by Gasteiger charge is -2.19. The van der Waals surface area contributed by atoms with E-state index in [0.29, 0.717) is 6.42 Å². The van der Waals surface area contributed by atoms with Crippen LogP contribution in [0.3, 0.4) is 0 Å². The molecule has 0 aliphatic heterocycles. The van der Waals surface area contributed by atoms with Gasteiger partial charge in [0.1, 0.15) is 5.44 Å². The summed E-state index contributed by atoms with van der Waals surface area (Å²) in [6, 6.07) is 9.77. The quantitative estimate of drug-likeness (QED) is 0.606. The second kappa shape index (κ2) is 7.19. The van der Waals surface area contributed by atoms with Crippen molar-refractivity contribution in [1.82, 2.24) is 5.32 Å². The van der Waals surface area contributed by atoms with Gasteiger partial charge in [0.2, 0.25) is 0 Å². The van der Waals surface area contributed by atoms with E-state index in [4.69, 9.17) is 9.84 Å². The zero-order chi connectivity index (χ0) is 12.7. The van der Waals surface area contributed by atoms with Crippen molar-refractivity contribution in [3.63, 3.8) is 0 Å². The fourth-order valence-electron chi connectivity index (χ4n) is 1.40. The number of amides is 1. The summed E-state index contributed by atoms with van der Waals surface area (Å²) in [7, 11) is 1.63. The SMILES string of the molecule is CO[C@H](C[C@@H](C)NC(=O)O)Sc1ccccc1. The van der Waals surface area contributed by atoms with Gasteiger partial charge < -0.3 is 15.2 Å². The van der Waals surface area contributed by atoms with Crippen LogP contribution in [0.4, 0.5) is 4.79 Å². The number of thioether (sulfide) groups is 1. The van der Waals surface area contributed by atoms with E-state index in [0.717, 1.165) is 4.90 Å². The molecule has 0 saturated carbocycles. The number of hydrogen-bond acceptors (Lipinski definition) is 3. The molecule has 94 valence electrons. The molecule has 0 radical (unpaired) electrons. The van der Waals surface area contributed by atoms with Crippen molar-refractivity contribution in [2.24, 2.45) is 0 Å². The van der Waals surface area contributed by atoms with Crippen LogP contribution < -0.4 is 5.32 Å². The standard InChI is InChI=1S/C12H17NO3S/c1-9(13-12(14)15)8-11(16-2)17-10-6-4-3-5-7-10/h3-7,9,11,13H,8H2,1-2H3,(H,14,15)/t9-,11+/m1/s1. The maximum Gasteiger partial charge on any atom is 0.404 e. The van der Waals surface area contributed by atoms with Crippen LogP contribution in [-0.4, -0.2) is 29.8 Å². The highest BCUT2D eigenvalue weighted by Gasteiger charge is 2.15. The lowest BCUT2D eigenvalue weighted by atomic mass is 10.2. The average Bonchev–Trinajstić information content (AvgIpc) is 2.28. The number of nitrogens with one attached hydrogen (secondary N) is 1. The Morgan fingerprint density at radius 1 is 1.47 bits per heavy atom. The summed E-state index contributed by atoms with van der Waals surface area (Å²) in [5.41, 5.74) is -0.0563. The van der Waals surface area contributed by atoms with Crippen molar-refractivity contribution in [3.05, 3.63) is 30.3 Å². The molecule has 2 N–H and O–H groups in total. The summed E-state index contributed by atoms with van der Waals surface area (Å²) in [6.07, 6.45) is -0.375. The summed E-state index contributed by atoms with van der Waals surface area (Å²) >= 11 is 1.59. The minimum Gasteiger partial charge on any atom is -0.465 e. The van der Waals surface area contributed by atoms with Crippen molar-refractivity contribution in [2.75, 3.05) is 7.11 Å². The maximum absolute atomic E-state index is 10.5. The summed E-state index contributed by atoms with van der Waals surface area (Å²) in [6.45, 7) is 1.83. The molecule has 0 spiro atoms. The van der Waals surface area contributed by atoms with Crippen LogP contribution in [0.2, 0.25) is 0 Å². The van der Waals surface area contributed by atoms with Gasteiger partial charge >= 0.3 is 6.09 Å². The molecule has 0 aliphatic carbocycles. The van der Waals surface area contributed by atoms with Crippen LogP contribution in [0.25, 0.3) is 0 Å². The lowest BCUT2D eigenvalue weighted by molar-refractivity contribution is 0.151. The number of hydrogen-bond donors (Lipinski definition) is 2. The van der Waals surface area contributed by atoms with Gasteiger partial charge in [-0.1, -0.05) is 30.0 Å². The highest BCUT2D eigenvalue weighted by Crippen LogP contribution is 2.26. The van der Waals surface area contributed by atoms with Gasteiger partial charge in [0.05, 0.1) is 0 Å². The van der Waals surface area contributed by atoms with Crippen molar-refractivity contribution in [2.45, 2.75) is 29.7 Å². The van der Waals surface area contributed by atoms with Gasteiger partial charge in [0.25, 0.3) is 0 Å². The number of rotatable bonds is 6. The number of carboxylic acid groups (broad SMARTS) is 1. The molecule has 0 bridgehead atoms. The Morgan fingerprint density at radius 3 is 2.65 bits per heavy atom. The molecule has 1 aromatic rings. The van der Waals surface area contributed by atoms with Gasteiger partial charge in [-0.15, -0.1) is 0 Å². The Morgan fingerprint density at radius 2 is 2.12 bits per heavy atom. The van der Waals surface area contributed by atoms with Crippen LogP contribution in [-0.2, 0) is 4.74 Å². The fraction of sp³-hybridized carbons (Fsp3) is 0.417. The molecule has 0 saturated heterocycles. The van der Waals surface area contributed by atoms with Gasteiger partial charge in [0.15, 0.2) is 0 Å². The molecule has 17 heavy (non-hydrogen) atoms. The summed E-state index contributed by atoms with van der Waals surface area (Å²) in [4.78, 5) is 11.6. The Balaban J connectivity index is 2.46. The Labute approximate surface area is 105 Å². The molecule has 0 aliphatic rings. The van der Waals surface area contributed by atoms with E-state index in [9.17, 15) is 4.79 Å². The minimum absolute atomic E-state index is 0.0563. The highest BCUT2D eigenvalue weighted by atomic mass is 32.2. The van der Waals surface area contributed by atoms with Gasteiger partial charge in [0, 0.05) is 24.5 Å². The molecular formula is C12H17NO3S. The van der Waals surface area contributed by atoms with Crippen molar-refractivity contribution < 1.29 is 14.6 Å². The fourth-order valence-corrected chi connectivity index (χ4v) is 2.50. The zero-order valence-corrected chi connectivity index (χ0v) is 10.7. The third-order valence-electron chi connectivity index (χ3n) is 2.19. The molecule has 0 fully saturated rings. The lowest BCUT2D eigenvalue weighted by Crippen LogP contribution is -2.33. The molecule has 2 atom stereocenters. The molecule has 1 aromatic carbocycles.